The highest BCUT2D eigenvalue weighted by Gasteiger charge is 2.15. The van der Waals surface area contributed by atoms with Crippen LogP contribution in [0.1, 0.15) is 10.6 Å². The van der Waals surface area contributed by atoms with Crippen LogP contribution in [-0.4, -0.2) is 29.7 Å². The maximum Gasteiger partial charge on any atom is 0.256 e. The van der Waals surface area contributed by atoms with Gasteiger partial charge in [0.05, 0.1) is 23.9 Å². The van der Waals surface area contributed by atoms with E-state index in [9.17, 15) is 0 Å². The van der Waals surface area contributed by atoms with Gasteiger partial charge in [-0.3, -0.25) is 0 Å². The van der Waals surface area contributed by atoms with Crippen LogP contribution in [0.25, 0.3) is 17.0 Å². The van der Waals surface area contributed by atoms with E-state index in [1.807, 2.05) is 24.6 Å². The molecule has 0 unspecified atom stereocenters. The number of thiazole rings is 1. The molecular formula is C15H13BrN8S. The number of halogens is 1. The van der Waals surface area contributed by atoms with Crippen molar-refractivity contribution >= 4 is 49.9 Å². The van der Waals surface area contributed by atoms with Gasteiger partial charge in [-0.25, -0.2) is 9.97 Å². The van der Waals surface area contributed by atoms with Gasteiger partial charge >= 0.3 is 0 Å². The summed E-state index contributed by atoms with van der Waals surface area (Å²) in [5.41, 5.74) is 9.54. The zero-order valence-electron chi connectivity index (χ0n) is 13.1. The van der Waals surface area contributed by atoms with Crippen LogP contribution in [0.3, 0.4) is 0 Å². The highest BCUT2D eigenvalue weighted by Crippen LogP contribution is 2.28. The quantitative estimate of drug-likeness (QED) is 0.526. The van der Waals surface area contributed by atoms with Gasteiger partial charge in [0.15, 0.2) is 5.65 Å². The molecule has 0 aromatic carbocycles. The second-order valence-electron chi connectivity index (χ2n) is 5.26. The molecule has 126 valence electrons. The largest absolute Gasteiger partial charge is 0.383 e. The topological polar surface area (TPSA) is 107 Å². The Kier molecular flexibility index (Phi) is 4.06. The standard InChI is InChI=1S/C15H13BrN8S/c1-8-10(25-7-20-8)6-19-13-11(16)12(17)22-15(23-13)24-14-9(5-21-24)3-2-4-18-14/h2-5,7H,6H2,1H3,(H3,17,19,22,23). The van der Waals surface area contributed by atoms with E-state index in [0.717, 1.165) is 16.0 Å². The predicted molar refractivity (Wildman–Crippen MR) is 101 cm³/mol. The smallest absolute Gasteiger partial charge is 0.256 e. The van der Waals surface area contributed by atoms with Crippen molar-refractivity contribution in [3.63, 3.8) is 0 Å². The molecule has 4 aromatic rings. The Morgan fingerprint density at radius 1 is 1.32 bits per heavy atom. The van der Waals surface area contributed by atoms with Crippen molar-refractivity contribution in [1.29, 1.82) is 0 Å². The van der Waals surface area contributed by atoms with Crippen LogP contribution >= 0.6 is 27.3 Å². The number of hydrogen-bond acceptors (Lipinski definition) is 8. The maximum absolute atomic E-state index is 6.04. The van der Waals surface area contributed by atoms with Crippen molar-refractivity contribution in [3.8, 4) is 5.95 Å². The third-order valence-electron chi connectivity index (χ3n) is 3.65. The first-order chi connectivity index (χ1) is 12.1. The monoisotopic (exact) mass is 416 g/mol. The van der Waals surface area contributed by atoms with Gasteiger partial charge in [-0.1, -0.05) is 0 Å². The van der Waals surface area contributed by atoms with E-state index in [2.05, 4.69) is 46.3 Å². The summed E-state index contributed by atoms with van der Waals surface area (Å²) in [6, 6.07) is 3.79. The van der Waals surface area contributed by atoms with E-state index in [-0.39, 0.29) is 0 Å². The molecule has 0 saturated heterocycles. The lowest BCUT2D eigenvalue weighted by molar-refractivity contribution is 0.824. The average molecular weight is 417 g/mol. The number of nitrogens with two attached hydrogens (primary N) is 1. The summed E-state index contributed by atoms with van der Waals surface area (Å²) in [6.07, 6.45) is 3.42. The first-order valence-electron chi connectivity index (χ1n) is 7.38. The number of nitrogen functional groups attached to an aromatic ring is 1. The third kappa shape index (κ3) is 2.94. The number of aryl methyl sites for hydroxylation is 1. The van der Waals surface area contributed by atoms with Crippen molar-refractivity contribution in [1.82, 2.24) is 29.7 Å². The second-order valence-corrected chi connectivity index (χ2v) is 6.99. The molecule has 0 spiro atoms. The van der Waals surface area contributed by atoms with Gasteiger partial charge in [0.25, 0.3) is 5.95 Å². The summed E-state index contributed by atoms with van der Waals surface area (Å²) >= 11 is 5.03. The van der Waals surface area contributed by atoms with Gasteiger partial charge in [0.1, 0.15) is 16.1 Å². The molecule has 3 N–H and O–H groups in total. The lowest BCUT2D eigenvalue weighted by Crippen LogP contribution is -2.11. The van der Waals surface area contributed by atoms with Crippen molar-refractivity contribution in [3.05, 3.63) is 45.1 Å². The normalized spacial score (nSPS) is 11.1. The van der Waals surface area contributed by atoms with Crippen LogP contribution in [0.15, 0.2) is 34.5 Å². The SMILES string of the molecule is Cc1ncsc1CNc1nc(-n2ncc3cccnc32)nc(N)c1Br. The first kappa shape index (κ1) is 15.9. The van der Waals surface area contributed by atoms with Crippen LogP contribution in [0.4, 0.5) is 11.6 Å². The zero-order chi connectivity index (χ0) is 17.4. The highest BCUT2D eigenvalue weighted by atomic mass is 79.9. The summed E-state index contributed by atoms with van der Waals surface area (Å²) < 4.78 is 2.18. The Labute approximate surface area is 155 Å². The Morgan fingerprint density at radius 3 is 3.00 bits per heavy atom. The highest BCUT2D eigenvalue weighted by molar-refractivity contribution is 9.10. The molecule has 4 heterocycles. The molecule has 0 saturated carbocycles. The molecule has 0 fully saturated rings. The Morgan fingerprint density at radius 2 is 2.20 bits per heavy atom. The lowest BCUT2D eigenvalue weighted by atomic mass is 10.4. The second kappa shape index (κ2) is 6.37. The molecule has 0 aliphatic carbocycles. The van der Waals surface area contributed by atoms with Crippen LogP contribution in [0.5, 0.6) is 0 Å². The molecule has 0 bridgehead atoms. The average Bonchev–Trinajstić information content (AvgIpc) is 3.22. The van der Waals surface area contributed by atoms with E-state index in [4.69, 9.17) is 5.73 Å². The number of pyridine rings is 1. The minimum Gasteiger partial charge on any atom is -0.383 e. The number of anilines is 2. The van der Waals surface area contributed by atoms with Crippen molar-refractivity contribution in [2.45, 2.75) is 13.5 Å². The molecule has 0 radical (unpaired) electrons. The van der Waals surface area contributed by atoms with E-state index in [1.54, 1.807) is 28.4 Å². The molecular weight excluding hydrogens is 404 g/mol. The minimum atomic E-state index is 0.327. The fourth-order valence-electron chi connectivity index (χ4n) is 2.33. The molecule has 0 atom stereocenters. The van der Waals surface area contributed by atoms with Gasteiger partial charge in [-0.05, 0) is 35.0 Å². The number of nitrogens with one attached hydrogen (secondary N) is 1. The van der Waals surface area contributed by atoms with Gasteiger partial charge in [0.2, 0.25) is 0 Å². The zero-order valence-corrected chi connectivity index (χ0v) is 15.5. The fourth-order valence-corrected chi connectivity index (χ4v) is 3.37. The maximum atomic E-state index is 6.04. The Bertz CT molecular complexity index is 1060. The van der Waals surface area contributed by atoms with Gasteiger partial charge in [-0.15, -0.1) is 11.3 Å². The van der Waals surface area contributed by atoms with E-state index < -0.39 is 0 Å². The van der Waals surface area contributed by atoms with Crippen LogP contribution < -0.4 is 11.1 Å². The molecule has 10 heteroatoms. The molecule has 0 aliphatic rings. The van der Waals surface area contributed by atoms with Crippen molar-refractivity contribution in [2.24, 2.45) is 0 Å². The minimum absolute atomic E-state index is 0.327. The van der Waals surface area contributed by atoms with Crippen LogP contribution in [-0.2, 0) is 6.54 Å². The molecule has 0 amide bonds. The number of fused-ring (bicyclic) bond motifs is 1. The summed E-state index contributed by atoms with van der Waals surface area (Å²) in [5, 5.41) is 8.51. The third-order valence-corrected chi connectivity index (χ3v) is 5.36. The lowest BCUT2D eigenvalue weighted by Gasteiger charge is -2.11. The summed E-state index contributed by atoms with van der Waals surface area (Å²) in [6.45, 7) is 2.58. The van der Waals surface area contributed by atoms with Gasteiger partial charge < -0.3 is 11.1 Å². The summed E-state index contributed by atoms with van der Waals surface area (Å²) in [5.74, 6) is 1.28. The Hall–Kier alpha value is -2.59. The number of hydrogen-bond donors (Lipinski definition) is 2. The molecule has 4 aromatic heterocycles. The van der Waals surface area contributed by atoms with Crippen molar-refractivity contribution in [2.75, 3.05) is 11.1 Å². The number of rotatable bonds is 4. The first-order valence-corrected chi connectivity index (χ1v) is 9.05. The summed E-state index contributed by atoms with van der Waals surface area (Å²) in [7, 11) is 0. The molecule has 0 aliphatic heterocycles. The van der Waals surface area contributed by atoms with E-state index in [1.165, 1.54) is 0 Å². The van der Waals surface area contributed by atoms with E-state index in [0.29, 0.717) is 34.2 Å². The van der Waals surface area contributed by atoms with Crippen LogP contribution in [0.2, 0.25) is 0 Å². The summed E-state index contributed by atoms with van der Waals surface area (Å²) in [4.78, 5) is 18.6. The van der Waals surface area contributed by atoms with Gasteiger partial charge in [0, 0.05) is 16.5 Å². The predicted octanol–water partition coefficient (Wildman–Crippen LogP) is 2.93. The Balaban J connectivity index is 1.72. The number of nitrogens with zero attached hydrogens (tertiary/aromatic N) is 6. The fraction of sp³-hybridized carbons (Fsp3) is 0.133. The van der Waals surface area contributed by atoms with Gasteiger partial charge in [-0.2, -0.15) is 19.7 Å². The number of aromatic nitrogens is 6. The molecule has 8 nitrogen and oxygen atoms in total. The molecule has 25 heavy (non-hydrogen) atoms. The van der Waals surface area contributed by atoms with E-state index >= 15 is 0 Å². The molecule has 4 rings (SSSR count). The van der Waals surface area contributed by atoms with Crippen molar-refractivity contribution < 1.29 is 0 Å². The van der Waals surface area contributed by atoms with Crippen LogP contribution in [0, 0.1) is 6.92 Å².